The zero-order chi connectivity index (χ0) is 16.4. The Labute approximate surface area is 135 Å². The molecule has 0 aromatic heterocycles. The van der Waals surface area contributed by atoms with Gasteiger partial charge in [-0.2, -0.15) is 0 Å². The molecule has 1 saturated carbocycles. The molecule has 1 saturated heterocycles. The number of ether oxygens (including phenoxy) is 2. The summed E-state index contributed by atoms with van der Waals surface area (Å²) in [7, 11) is 3.02. The van der Waals surface area contributed by atoms with Crippen molar-refractivity contribution in [3.63, 3.8) is 0 Å². The predicted molar refractivity (Wildman–Crippen MR) is 82.8 cm³/mol. The molecule has 1 aliphatic carbocycles. The molecule has 2 heterocycles. The van der Waals surface area contributed by atoms with Crippen LogP contribution in [0.5, 0.6) is 17.2 Å². The number of hydrogen-bond acceptors (Lipinski definition) is 6. The van der Waals surface area contributed by atoms with Gasteiger partial charge in [0.1, 0.15) is 6.23 Å². The number of aliphatic hydroxyl groups is 2. The summed E-state index contributed by atoms with van der Waals surface area (Å²) in [6.45, 7) is 0.761. The van der Waals surface area contributed by atoms with Crippen molar-refractivity contribution >= 4 is 0 Å². The van der Waals surface area contributed by atoms with Crippen LogP contribution in [0.2, 0.25) is 0 Å². The number of rotatable bonds is 2. The van der Waals surface area contributed by atoms with E-state index in [9.17, 15) is 15.3 Å². The van der Waals surface area contributed by atoms with E-state index < -0.39 is 6.23 Å². The molecule has 1 aromatic carbocycles. The van der Waals surface area contributed by atoms with Crippen molar-refractivity contribution < 1.29 is 24.8 Å². The molecule has 4 rings (SSSR count). The fraction of sp³-hybridized carbons (Fsp3) is 0.647. The number of hydrogen-bond donors (Lipinski definition) is 3. The minimum Gasteiger partial charge on any atom is -0.504 e. The van der Waals surface area contributed by atoms with Gasteiger partial charge in [-0.05, 0) is 31.7 Å². The first-order chi connectivity index (χ1) is 11.0. The molecule has 0 radical (unpaired) electrons. The molecule has 6 nitrogen and oxygen atoms in total. The van der Waals surface area contributed by atoms with Crippen molar-refractivity contribution in [2.45, 2.75) is 49.5 Å². The fourth-order valence-corrected chi connectivity index (χ4v) is 5.03. The summed E-state index contributed by atoms with van der Waals surface area (Å²) in [5, 5.41) is 31.8. The molecular weight excluding hydrogens is 298 g/mol. The van der Waals surface area contributed by atoms with Gasteiger partial charge in [-0.25, -0.2) is 0 Å². The molecule has 2 bridgehead atoms. The molecule has 0 spiro atoms. The molecule has 6 heteroatoms. The van der Waals surface area contributed by atoms with Gasteiger partial charge in [-0.15, -0.1) is 0 Å². The second-order valence-electron chi connectivity index (χ2n) is 6.89. The Morgan fingerprint density at radius 3 is 2.70 bits per heavy atom. The third-order valence-electron chi connectivity index (χ3n) is 6.04. The normalized spacial score (nSPS) is 37.9. The summed E-state index contributed by atoms with van der Waals surface area (Å²) < 4.78 is 10.7. The van der Waals surface area contributed by atoms with E-state index in [1.54, 1.807) is 6.07 Å². The Kier molecular flexibility index (Phi) is 3.27. The maximum Gasteiger partial charge on any atom is 0.203 e. The standard InChI is InChI=1S/C17H23NO5/c1-22-11-8-10-13(14(20)15(11)23-2)17-4-3-9(19)7-12(17)18(6-5-17)16(10)21/h8-9,12,16,19-21H,3-7H2,1-2H3/t9-,12-,16?,17+/m0/s1. The maximum absolute atomic E-state index is 10.9. The van der Waals surface area contributed by atoms with Gasteiger partial charge in [0.15, 0.2) is 11.5 Å². The van der Waals surface area contributed by atoms with Crippen LogP contribution in [0, 0.1) is 0 Å². The average molecular weight is 321 g/mol. The Morgan fingerprint density at radius 1 is 1.22 bits per heavy atom. The number of phenols is 1. The lowest BCUT2D eigenvalue weighted by Gasteiger charge is -2.50. The molecule has 3 N–H and O–H groups in total. The van der Waals surface area contributed by atoms with E-state index >= 15 is 0 Å². The number of fused-ring (bicyclic) bond motifs is 1. The lowest BCUT2D eigenvalue weighted by Crippen LogP contribution is -2.53. The molecule has 1 aromatic rings. The van der Waals surface area contributed by atoms with Gasteiger partial charge in [-0.1, -0.05) is 0 Å². The fourth-order valence-electron chi connectivity index (χ4n) is 5.03. The third kappa shape index (κ3) is 1.80. The summed E-state index contributed by atoms with van der Waals surface area (Å²) in [4.78, 5) is 2.05. The van der Waals surface area contributed by atoms with Gasteiger partial charge in [0.2, 0.25) is 5.75 Å². The molecular formula is C17H23NO5. The number of nitrogens with zero attached hydrogens (tertiary/aromatic N) is 1. The van der Waals surface area contributed by atoms with E-state index in [-0.39, 0.29) is 23.3 Å². The van der Waals surface area contributed by atoms with Crippen LogP contribution in [0.4, 0.5) is 0 Å². The van der Waals surface area contributed by atoms with Crippen LogP contribution in [0.3, 0.4) is 0 Å². The first-order valence-electron chi connectivity index (χ1n) is 8.13. The van der Waals surface area contributed by atoms with E-state index in [0.29, 0.717) is 29.9 Å². The van der Waals surface area contributed by atoms with Crippen molar-refractivity contribution in [2.24, 2.45) is 0 Å². The van der Waals surface area contributed by atoms with Crippen LogP contribution in [-0.4, -0.2) is 53.1 Å². The van der Waals surface area contributed by atoms with Crippen LogP contribution < -0.4 is 9.47 Å². The Balaban J connectivity index is 1.96. The number of methoxy groups -OCH3 is 2. The highest BCUT2D eigenvalue weighted by Gasteiger charge is 2.58. The molecule has 23 heavy (non-hydrogen) atoms. The first kappa shape index (κ1) is 15.1. The van der Waals surface area contributed by atoms with E-state index in [4.69, 9.17) is 9.47 Å². The Hall–Kier alpha value is -1.50. The zero-order valence-electron chi connectivity index (χ0n) is 13.5. The van der Waals surface area contributed by atoms with Crippen molar-refractivity contribution in [3.8, 4) is 17.2 Å². The Morgan fingerprint density at radius 2 is 2.00 bits per heavy atom. The lowest BCUT2D eigenvalue weighted by atomic mass is 9.62. The number of phenolic OH excluding ortho intramolecular Hbond substituents is 1. The van der Waals surface area contributed by atoms with Crippen molar-refractivity contribution in [1.29, 1.82) is 0 Å². The van der Waals surface area contributed by atoms with E-state index in [0.717, 1.165) is 24.9 Å². The monoisotopic (exact) mass is 321 g/mol. The van der Waals surface area contributed by atoms with Crippen LogP contribution >= 0.6 is 0 Å². The molecule has 0 amide bonds. The van der Waals surface area contributed by atoms with Gasteiger partial charge >= 0.3 is 0 Å². The van der Waals surface area contributed by atoms with E-state index in [1.807, 2.05) is 0 Å². The molecule has 126 valence electrons. The minimum absolute atomic E-state index is 0.0535. The summed E-state index contributed by atoms with van der Waals surface area (Å²) >= 11 is 0. The average Bonchev–Trinajstić information content (AvgIpc) is 2.86. The second-order valence-corrected chi connectivity index (χ2v) is 6.89. The topological polar surface area (TPSA) is 82.4 Å². The number of aliphatic hydroxyl groups excluding tert-OH is 2. The zero-order valence-corrected chi connectivity index (χ0v) is 13.5. The number of benzene rings is 1. The van der Waals surface area contributed by atoms with Crippen molar-refractivity contribution in [1.82, 2.24) is 4.90 Å². The summed E-state index contributed by atoms with van der Waals surface area (Å²) in [5.41, 5.74) is 1.26. The highest BCUT2D eigenvalue weighted by molar-refractivity contribution is 5.63. The van der Waals surface area contributed by atoms with Gasteiger partial charge in [-0.3, -0.25) is 4.90 Å². The molecule has 2 aliphatic heterocycles. The van der Waals surface area contributed by atoms with Crippen molar-refractivity contribution in [3.05, 3.63) is 17.2 Å². The summed E-state index contributed by atoms with van der Waals surface area (Å²) in [6, 6.07) is 1.83. The van der Waals surface area contributed by atoms with Crippen LogP contribution in [0.25, 0.3) is 0 Å². The molecule has 3 aliphatic rings. The van der Waals surface area contributed by atoms with Crippen LogP contribution in [-0.2, 0) is 5.41 Å². The van der Waals surface area contributed by atoms with Gasteiger partial charge < -0.3 is 24.8 Å². The highest BCUT2D eigenvalue weighted by atomic mass is 16.5. The molecule has 2 fully saturated rings. The van der Waals surface area contributed by atoms with E-state index in [2.05, 4.69) is 4.90 Å². The minimum atomic E-state index is -0.790. The number of aromatic hydroxyl groups is 1. The highest BCUT2D eigenvalue weighted by Crippen LogP contribution is 2.61. The van der Waals surface area contributed by atoms with Crippen LogP contribution in [0.15, 0.2) is 6.07 Å². The first-order valence-corrected chi connectivity index (χ1v) is 8.13. The van der Waals surface area contributed by atoms with Gasteiger partial charge in [0.25, 0.3) is 0 Å². The van der Waals surface area contributed by atoms with E-state index in [1.165, 1.54) is 14.2 Å². The smallest absolute Gasteiger partial charge is 0.203 e. The lowest BCUT2D eigenvalue weighted by molar-refractivity contribution is -0.0576. The van der Waals surface area contributed by atoms with Gasteiger partial charge in [0.05, 0.1) is 20.3 Å². The second kappa shape index (κ2) is 5.00. The maximum atomic E-state index is 10.9. The van der Waals surface area contributed by atoms with Gasteiger partial charge in [0, 0.05) is 29.1 Å². The van der Waals surface area contributed by atoms with Crippen LogP contribution in [0.1, 0.15) is 43.0 Å². The Bertz CT molecular complexity index is 648. The predicted octanol–water partition coefficient (Wildman–Crippen LogP) is 1.27. The van der Waals surface area contributed by atoms with Crippen molar-refractivity contribution in [2.75, 3.05) is 20.8 Å². The molecule has 5 atom stereocenters. The third-order valence-corrected chi connectivity index (χ3v) is 6.04. The largest absolute Gasteiger partial charge is 0.504 e. The summed E-state index contributed by atoms with van der Waals surface area (Å²) in [6.07, 6.45) is 1.89. The molecule has 2 unspecified atom stereocenters. The SMILES string of the molecule is COc1cc2c(c(O)c1OC)[C@@]13CC[C@H](O)C[C@@H]1N(CC3)C2O. The summed E-state index contributed by atoms with van der Waals surface area (Å²) in [5.74, 6) is 0.816. The quantitative estimate of drug-likeness (QED) is 0.761.